The maximum atomic E-state index is 5.72. The lowest BCUT2D eigenvalue weighted by atomic mass is 9.98. The second-order valence-corrected chi connectivity index (χ2v) is 3.31. The summed E-state index contributed by atoms with van der Waals surface area (Å²) in [7, 11) is 0. The van der Waals surface area contributed by atoms with E-state index in [1.807, 2.05) is 6.92 Å². The zero-order valence-corrected chi connectivity index (χ0v) is 6.29. The van der Waals surface area contributed by atoms with Crippen molar-refractivity contribution in [2.24, 2.45) is 5.73 Å². The van der Waals surface area contributed by atoms with E-state index in [1.54, 1.807) is 0 Å². The number of morpholine rings is 1. The maximum absolute atomic E-state index is 5.72. The molecule has 3 aliphatic rings. The number of fused-ring (bicyclic) bond motifs is 2. The van der Waals surface area contributed by atoms with Crippen LogP contribution >= 0.6 is 0 Å². The molecule has 58 valence electrons. The molecule has 3 unspecified atom stereocenters. The minimum absolute atomic E-state index is 0.203. The largest absolute Gasteiger partial charge is 0.372 e. The number of piperidine rings is 1. The summed E-state index contributed by atoms with van der Waals surface area (Å²) in [6, 6.07) is 0. The van der Waals surface area contributed by atoms with Crippen LogP contribution in [0.25, 0.3) is 0 Å². The van der Waals surface area contributed by atoms with Gasteiger partial charge >= 0.3 is 0 Å². The van der Waals surface area contributed by atoms with Gasteiger partial charge in [0, 0.05) is 19.5 Å². The molecule has 0 amide bonds. The first kappa shape index (κ1) is 6.58. The van der Waals surface area contributed by atoms with Gasteiger partial charge in [-0.2, -0.15) is 0 Å². The number of nitrogens with two attached hydrogens (primary N) is 1. The zero-order valence-electron chi connectivity index (χ0n) is 6.29. The highest BCUT2D eigenvalue weighted by molar-refractivity contribution is 4.89. The summed E-state index contributed by atoms with van der Waals surface area (Å²) < 4.78 is 5.46. The van der Waals surface area contributed by atoms with Gasteiger partial charge in [-0.05, 0) is 6.92 Å². The van der Waals surface area contributed by atoms with E-state index in [0.717, 1.165) is 13.1 Å². The molecule has 3 atom stereocenters. The predicted molar refractivity (Wildman–Crippen MR) is 38.5 cm³/mol. The summed E-state index contributed by atoms with van der Waals surface area (Å²) >= 11 is 0. The Morgan fingerprint density at radius 3 is 2.30 bits per heavy atom. The standard InChI is InChI=1S/C7H14N2O/c1-5(8)9-3-6-2-7(4-9)10-6/h5-7H,2-4,8H2,1H3. The summed E-state index contributed by atoms with van der Waals surface area (Å²) in [6.45, 7) is 4.10. The highest BCUT2D eigenvalue weighted by Crippen LogP contribution is 2.27. The minimum Gasteiger partial charge on any atom is -0.372 e. The molecule has 0 aromatic rings. The average Bonchev–Trinajstić information content (AvgIpc) is 1.86. The molecule has 0 aromatic heterocycles. The van der Waals surface area contributed by atoms with Crippen molar-refractivity contribution in [1.29, 1.82) is 0 Å². The van der Waals surface area contributed by atoms with Crippen LogP contribution < -0.4 is 5.73 Å². The first-order valence-corrected chi connectivity index (χ1v) is 3.91. The molecule has 2 bridgehead atoms. The van der Waals surface area contributed by atoms with Gasteiger partial charge in [0.2, 0.25) is 0 Å². The lowest BCUT2D eigenvalue weighted by Gasteiger charge is -2.48. The number of hydrogen-bond donors (Lipinski definition) is 1. The van der Waals surface area contributed by atoms with E-state index in [4.69, 9.17) is 10.5 Å². The van der Waals surface area contributed by atoms with Crippen LogP contribution in [0.1, 0.15) is 13.3 Å². The van der Waals surface area contributed by atoms with Crippen molar-refractivity contribution in [1.82, 2.24) is 4.90 Å². The van der Waals surface area contributed by atoms with Crippen LogP contribution in [0.15, 0.2) is 0 Å². The number of rotatable bonds is 1. The van der Waals surface area contributed by atoms with Crippen LogP contribution in [0, 0.1) is 0 Å². The predicted octanol–water partition coefficient (Wildman–Crippen LogP) is -0.236. The molecule has 3 heteroatoms. The minimum atomic E-state index is 0.203. The first-order valence-electron chi connectivity index (χ1n) is 3.91. The second kappa shape index (κ2) is 2.19. The molecular weight excluding hydrogens is 128 g/mol. The van der Waals surface area contributed by atoms with Crippen LogP contribution in [0.4, 0.5) is 0 Å². The normalized spacial score (nSPS) is 42.6. The van der Waals surface area contributed by atoms with Crippen molar-refractivity contribution >= 4 is 0 Å². The Morgan fingerprint density at radius 1 is 1.50 bits per heavy atom. The van der Waals surface area contributed by atoms with E-state index >= 15 is 0 Å². The van der Waals surface area contributed by atoms with Gasteiger partial charge in [0.1, 0.15) is 0 Å². The smallest absolute Gasteiger partial charge is 0.0732 e. The lowest BCUT2D eigenvalue weighted by Crippen LogP contribution is -2.60. The van der Waals surface area contributed by atoms with Crippen LogP contribution in [0.5, 0.6) is 0 Å². The van der Waals surface area contributed by atoms with Gasteiger partial charge in [-0.3, -0.25) is 4.90 Å². The zero-order chi connectivity index (χ0) is 7.14. The Hall–Kier alpha value is -0.120. The van der Waals surface area contributed by atoms with Crippen LogP contribution in [-0.4, -0.2) is 36.4 Å². The van der Waals surface area contributed by atoms with Gasteiger partial charge in [-0.1, -0.05) is 0 Å². The van der Waals surface area contributed by atoms with Crippen molar-refractivity contribution in [2.45, 2.75) is 31.7 Å². The van der Waals surface area contributed by atoms with E-state index in [-0.39, 0.29) is 6.17 Å². The molecule has 3 fully saturated rings. The van der Waals surface area contributed by atoms with Crippen molar-refractivity contribution in [3.05, 3.63) is 0 Å². The highest BCUT2D eigenvalue weighted by atomic mass is 16.5. The van der Waals surface area contributed by atoms with Gasteiger partial charge in [0.15, 0.2) is 0 Å². The number of ether oxygens (including phenoxy) is 1. The molecule has 3 aliphatic heterocycles. The Morgan fingerprint density at radius 2 is 2.00 bits per heavy atom. The third-order valence-corrected chi connectivity index (χ3v) is 2.36. The van der Waals surface area contributed by atoms with Crippen LogP contribution in [0.3, 0.4) is 0 Å². The first-order chi connectivity index (χ1) is 4.75. The average molecular weight is 142 g/mol. The van der Waals surface area contributed by atoms with E-state index < -0.39 is 0 Å². The fourth-order valence-electron chi connectivity index (χ4n) is 1.72. The van der Waals surface area contributed by atoms with E-state index in [9.17, 15) is 0 Å². The van der Waals surface area contributed by atoms with Crippen molar-refractivity contribution < 1.29 is 4.74 Å². The maximum Gasteiger partial charge on any atom is 0.0732 e. The molecule has 0 saturated carbocycles. The third kappa shape index (κ3) is 0.944. The Bertz CT molecular complexity index is 122. The Kier molecular flexibility index (Phi) is 1.44. The van der Waals surface area contributed by atoms with E-state index in [1.165, 1.54) is 6.42 Å². The summed E-state index contributed by atoms with van der Waals surface area (Å²) in [4.78, 5) is 2.28. The fourth-order valence-corrected chi connectivity index (χ4v) is 1.72. The fraction of sp³-hybridized carbons (Fsp3) is 1.00. The van der Waals surface area contributed by atoms with E-state index in [2.05, 4.69) is 4.90 Å². The molecule has 10 heavy (non-hydrogen) atoms. The van der Waals surface area contributed by atoms with E-state index in [0.29, 0.717) is 12.2 Å². The Balaban J connectivity index is 1.91. The highest BCUT2D eigenvalue weighted by Gasteiger charge is 2.38. The van der Waals surface area contributed by atoms with Gasteiger partial charge < -0.3 is 10.5 Å². The third-order valence-electron chi connectivity index (χ3n) is 2.36. The molecule has 0 spiro atoms. The second-order valence-electron chi connectivity index (χ2n) is 3.31. The molecule has 3 rings (SSSR count). The summed E-state index contributed by atoms with van der Waals surface area (Å²) in [5, 5.41) is 0. The van der Waals surface area contributed by atoms with Crippen LogP contribution in [0.2, 0.25) is 0 Å². The molecular formula is C7H14N2O. The quantitative estimate of drug-likeness (QED) is 0.549. The molecule has 0 aliphatic carbocycles. The van der Waals surface area contributed by atoms with Crippen molar-refractivity contribution in [3.8, 4) is 0 Å². The SMILES string of the molecule is CC(N)N1CC2CC(C1)O2. The van der Waals surface area contributed by atoms with Gasteiger partial charge in [-0.15, -0.1) is 0 Å². The molecule has 3 saturated heterocycles. The van der Waals surface area contributed by atoms with Gasteiger partial charge in [-0.25, -0.2) is 0 Å². The molecule has 0 aromatic carbocycles. The van der Waals surface area contributed by atoms with Gasteiger partial charge in [0.25, 0.3) is 0 Å². The summed E-state index contributed by atoms with van der Waals surface area (Å²) in [5.41, 5.74) is 5.72. The van der Waals surface area contributed by atoms with Crippen molar-refractivity contribution in [2.75, 3.05) is 13.1 Å². The Labute approximate surface area is 61.1 Å². The molecule has 3 heterocycles. The topological polar surface area (TPSA) is 38.5 Å². The molecule has 2 N–H and O–H groups in total. The molecule has 3 nitrogen and oxygen atoms in total. The molecule has 0 radical (unpaired) electrons. The van der Waals surface area contributed by atoms with Gasteiger partial charge in [0.05, 0.1) is 18.4 Å². The number of hydrogen-bond acceptors (Lipinski definition) is 3. The lowest BCUT2D eigenvalue weighted by molar-refractivity contribution is -0.186. The van der Waals surface area contributed by atoms with Crippen LogP contribution in [-0.2, 0) is 4.74 Å². The summed E-state index contributed by atoms with van der Waals surface area (Å²) in [6.07, 6.45) is 2.44. The summed E-state index contributed by atoms with van der Waals surface area (Å²) in [5.74, 6) is 0. The monoisotopic (exact) mass is 142 g/mol. The number of nitrogens with zero attached hydrogens (tertiary/aromatic N) is 1. The van der Waals surface area contributed by atoms with Crippen molar-refractivity contribution in [3.63, 3.8) is 0 Å².